The van der Waals surface area contributed by atoms with Gasteiger partial charge in [-0.05, 0) is 49.4 Å². The van der Waals surface area contributed by atoms with Crippen LogP contribution in [0.5, 0.6) is 0 Å². The lowest BCUT2D eigenvalue weighted by Gasteiger charge is -2.31. The summed E-state index contributed by atoms with van der Waals surface area (Å²) in [6.45, 7) is 5.41. The van der Waals surface area contributed by atoms with Crippen LogP contribution in [0.25, 0.3) is 10.8 Å². The Bertz CT molecular complexity index is 816. The van der Waals surface area contributed by atoms with Crippen molar-refractivity contribution in [2.24, 2.45) is 0 Å². The SMILES string of the molecule is CCOC(=O)N1CCC(NC(=O)NC(C)Cc2ccc3ccccc3c2)CC1. The van der Waals surface area contributed by atoms with E-state index in [2.05, 4.69) is 41.0 Å². The standard InChI is InChI=1S/C22H29N3O3/c1-3-28-22(27)25-12-10-20(11-13-25)24-21(26)23-16(2)14-17-8-9-18-6-4-5-7-19(18)15-17/h4-9,15-16,20H,3,10-14H2,1-2H3,(H2,23,24,26). The number of benzene rings is 2. The summed E-state index contributed by atoms with van der Waals surface area (Å²) in [4.78, 5) is 25.7. The fourth-order valence-corrected chi connectivity index (χ4v) is 3.64. The molecule has 1 unspecified atom stereocenters. The Morgan fingerprint density at radius 3 is 2.57 bits per heavy atom. The van der Waals surface area contributed by atoms with Gasteiger partial charge in [0.1, 0.15) is 0 Å². The lowest BCUT2D eigenvalue weighted by molar-refractivity contribution is 0.0957. The van der Waals surface area contributed by atoms with Gasteiger partial charge in [-0.25, -0.2) is 9.59 Å². The third-order valence-electron chi connectivity index (χ3n) is 5.09. The molecule has 0 aromatic heterocycles. The second-order valence-corrected chi connectivity index (χ2v) is 7.36. The largest absolute Gasteiger partial charge is 0.450 e. The summed E-state index contributed by atoms with van der Waals surface area (Å²) in [6, 6.07) is 14.6. The number of piperidine rings is 1. The van der Waals surface area contributed by atoms with Crippen LogP contribution in [0.1, 0.15) is 32.3 Å². The third kappa shape index (κ3) is 5.38. The summed E-state index contributed by atoms with van der Waals surface area (Å²) in [7, 11) is 0. The Morgan fingerprint density at radius 2 is 1.86 bits per heavy atom. The van der Waals surface area contributed by atoms with Gasteiger partial charge in [0, 0.05) is 25.2 Å². The summed E-state index contributed by atoms with van der Waals surface area (Å²) < 4.78 is 5.02. The maximum Gasteiger partial charge on any atom is 0.409 e. The van der Waals surface area contributed by atoms with Gasteiger partial charge in [-0.3, -0.25) is 0 Å². The van der Waals surface area contributed by atoms with Crippen molar-refractivity contribution in [2.75, 3.05) is 19.7 Å². The van der Waals surface area contributed by atoms with Crippen molar-refractivity contribution in [1.82, 2.24) is 15.5 Å². The number of fused-ring (bicyclic) bond motifs is 1. The molecule has 0 aliphatic carbocycles. The minimum atomic E-state index is -0.269. The van der Waals surface area contributed by atoms with Crippen LogP contribution in [0, 0.1) is 0 Å². The van der Waals surface area contributed by atoms with Crippen LogP contribution in [-0.4, -0.2) is 48.8 Å². The molecule has 6 nitrogen and oxygen atoms in total. The first-order valence-electron chi connectivity index (χ1n) is 10.0. The highest BCUT2D eigenvalue weighted by Crippen LogP contribution is 2.17. The van der Waals surface area contributed by atoms with E-state index in [-0.39, 0.29) is 24.2 Å². The number of ether oxygens (including phenoxy) is 1. The second kappa shape index (κ2) is 9.44. The number of hydrogen-bond donors (Lipinski definition) is 2. The van der Waals surface area contributed by atoms with Gasteiger partial charge in [-0.1, -0.05) is 42.5 Å². The zero-order valence-electron chi connectivity index (χ0n) is 16.6. The Labute approximate surface area is 166 Å². The fraction of sp³-hybridized carbons (Fsp3) is 0.455. The zero-order chi connectivity index (χ0) is 19.9. The van der Waals surface area contributed by atoms with Gasteiger partial charge in [0.15, 0.2) is 0 Å². The lowest BCUT2D eigenvalue weighted by atomic mass is 10.0. The number of carbonyl (C=O) groups is 2. The van der Waals surface area contributed by atoms with E-state index in [1.54, 1.807) is 11.8 Å². The van der Waals surface area contributed by atoms with Crippen LogP contribution < -0.4 is 10.6 Å². The highest BCUT2D eigenvalue weighted by Gasteiger charge is 2.24. The molecule has 2 aromatic carbocycles. The van der Waals surface area contributed by atoms with E-state index >= 15 is 0 Å². The van der Waals surface area contributed by atoms with Crippen molar-refractivity contribution in [1.29, 1.82) is 0 Å². The summed E-state index contributed by atoms with van der Waals surface area (Å²) in [6.07, 6.45) is 1.99. The predicted octanol–water partition coefficient (Wildman–Crippen LogP) is 3.69. The first-order valence-corrected chi connectivity index (χ1v) is 10.0. The molecule has 1 aliphatic heterocycles. The Kier molecular flexibility index (Phi) is 6.74. The van der Waals surface area contributed by atoms with E-state index in [0.29, 0.717) is 19.7 Å². The maximum absolute atomic E-state index is 12.3. The predicted molar refractivity (Wildman–Crippen MR) is 110 cm³/mol. The molecule has 0 spiro atoms. The van der Waals surface area contributed by atoms with Crippen LogP contribution in [0.2, 0.25) is 0 Å². The van der Waals surface area contributed by atoms with Crippen LogP contribution in [0.15, 0.2) is 42.5 Å². The van der Waals surface area contributed by atoms with E-state index in [1.165, 1.54) is 16.3 Å². The quantitative estimate of drug-likeness (QED) is 0.827. The van der Waals surface area contributed by atoms with Gasteiger partial charge in [0.05, 0.1) is 6.61 Å². The molecule has 1 atom stereocenters. The van der Waals surface area contributed by atoms with Crippen LogP contribution >= 0.6 is 0 Å². The van der Waals surface area contributed by atoms with Gasteiger partial charge < -0.3 is 20.3 Å². The maximum atomic E-state index is 12.3. The molecule has 2 aromatic rings. The van der Waals surface area contributed by atoms with Crippen molar-refractivity contribution in [2.45, 2.75) is 45.2 Å². The second-order valence-electron chi connectivity index (χ2n) is 7.36. The van der Waals surface area contributed by atoms with Crippen LogP contribution in [-0.2, 0) is 11.2 Å². The summed E-state index contributed by atoms with van der Waals surface area (Å²) in [5.41, 5.74) is 1.20. The Balaban J connectivity index is 1.43. The van der Waals surface area contributed by atoms with Crippen molar-refractivity contribution < 1.29 is 14.3 Å². The van der Waals surface area contributed by atoms with Gasteiger partial charge in [-0.2, -0.15) is 0 Å². The number of amides is 3. The zero-order valence-corrected chi connectivity index (χ0v) is 16.6. The van der Waals surface area contributed by atoms with Gasteiger partial charge in [0.25, 0.3) is 0 Å². The van der Waals surface area contributed by atoms with E-state index in [0.717, 1.165) is 19.3 Å². The molecular weight excluding hydrogens is 354 g/mol. The molecule has 3 amide bonds. The Hall–Kier alpha value is -2.76. The van der Waals surface area contributed by atoms with Gasteiger partial charge >= 0.3 is 12.1 Å². The highest BCUT2D eigenvalue weighted by molar-refractivity contribution is 5.83. The topological polar surface area (TPSA) is 70.7 Å². The number of likely N-dealkylation sites (tertiary alicyclic amines) is 1. The van der Waals surface area contributed by atoms with Crippen LogP contribution in [0.3, 0.4) is 0 Å². The molecule has 1 heterocycles. The minimum Gasteiger partial charge on any atom is -0.450 e. The monoisotopic (exact) mass is 383 g/mol. The smallest absolute Gasteiger partial charge is 0.409 e. The van der Waals surface area contributed by atoms with E-state index in [9.17, 15) is 9.59 Å². The summed E-state index contributed by atoms with van der Waals surface area (Å²) in [5.74, 6) is 0. The molecule has 1 aliphatic rings. The minimum absolute atomic E-state index is 0.0285. The average molecular weight is 383 g/mol. The molecule has 1 saturated heterocycles. The van der Waals surface area contributed by atoms with Crippen molar-refractivity contribution in [3.05, 3.63) is 48.0 Å². The molecule has 3 rings (SSSR count). The van der Waals surface area contributed by atoms with E-state index < -0.39 is 0 Å². The summed E-state index contributed by atoms with van der Waals surface area (Å²) in [5, 5.41) is 8.48. The third-order valence-corrected chi connectivity index (χ3v) is 5.09. The number of nitrogens with one attached hydrogen (secondary N) is 2. The Morgan fingerprint density at radius 1 is 1.14 bits per heavy atom. The lowest BCUT2D eigenvalue weighted by Crippen LogP contribution is -2.50. The van der Waals surface area contributed by atoms with Crippen molar-refractivity contribution in [3.63, 3.8) is 0 Å². The number of rotatable bonds is 5. The van der Waals surface area contributed by atoms with E-state index in [4.69, 9.17) is 4.74 Å². The molecule has 2 N–H and O–H groups in total. The molecule has 6 heteroatoms. The van der Waals surface area contributed by atoms with Crippen molar-refractivity contribution >= 4 is 22.9 Å². The first-order chi connectivity index (χ1) is 13.5. The van der Waals surface area contributed by atoms with Gasteiger partial charge in [-0.15, -0.1) is 0 Å². The average Bonchev–Trinajstić information content (AvgIpc) is 2.68. The van der Waals surface area contributed by atoms with Crippen molar-refractivity contribution in [3.8, 4) is 0 Å². The molecule has 150 valence electrons. The fourth-order valence-electron chi connectivity index (χ4n) is 3.64. The number of urea groups is 1. The molecule has 1 fully saturated rings. The summed E-state index contributed by atoms with van der Waals surface area (Å²) >= 11 is 0. The highest BCUT2D eigenvalue weighted by atomic mass is 16.6. The molecule has 0 radical (unpaired) electrons. The van der Waals surface area contributed by atoms with Crippen LogP contribution in [0.4, 0.5) is 9.59 Å². The van der Waals surface area contributed by atoms with E-state index in [1.807, 2.05) is 19.1 Å². The number of carbonyl (C=O) groups excluding carboxylic acids is 2. The molecule has 28 heavy (non-hydrogen) atoms. The molecular formula is C22H29N3O3. The molecule has 0 saturated carbocycles. The van der Waals surface area contributed by atoms with Gasteiger partial charge in [0.2, 0.25) is 0 Å². The number of hydrogen-bond acceptors (Lipinski definition) is 3. The molecule has 0 bridgehead atoms. The number of nitrogens with zero attached hydrogens (tertiary/aromatic N) is 1. The normalized spacial score (nSPS) is 15.9. The first kappa shape index (κ1) is 20.0.